The number of carbonyl (C=O) groups is 1. The Morgan fingerprint density at radius 1 is 1.15 bits per heavy atom. The van der Waals surface area contributed by atoms with Crippen LogP contribution in [0.1, 0.15) is 61.8 Å². The van der Waals surface area contributed by atoms with E-state index in [0.717, 1.165) is 73.7 Å². The molecule has 0 radical (unpaired) electrons. The Balaban J connectivity index is 1.53. The van der Waals surface area contributed by atoms with E-state index in [1.54, 1.807) is 37.5 Å². The summed E-state index contributed by atoms with van der Waals surface area (Å²) in [5, 5.41) is 14.2. The number of aliphatic imine (C=N–C) groups is 1. The molecule has 0 aliphatic carbocycles. The maximum atomic E-state index is 13.1. The topological polar surface area (TPSA) is 142 Å². The van der Waals surface area contributed by atoms with Crippen LogP contribution in [0, 0.1) is 12.3 Å². The fourth-order valence-electron chi connectivity index (χ4n) is 4.87. The van der Waals surface area contributed by atoms with Gasteiger partial charge in [-0.05, 0) is 86.7 Å². The standard InChI is InChI=1S/C31H40N8O2/c1-3-41-30(40)28(38-25-12-10-23(11-13-25)29(32)33)24-19-22(2)20-26(21-24)37-27-9-5-4-6-17-39(27)18-8-16-36-31-34-14-7-15-35-31/h7,10-15,19-21,28,38H,3-6,8-9,16-18H2,1-2H3,(H3,32,33)(H,34,35,36). The Morgan fingerprint density at radius 3 is 2.66 bits per heavy atom. The summed E-state index contributed by atoms with van der Waals surface area (Å²) in [4.78, 5) is 29.1. The highest BCUT2D eigenvalue weighted by molar-refractivity contribution is 5.95. The number of aryl methyl sites for hydroxylation is 1. The molecule has 2 aromatic carbocycles. The number of benzene rings is 2. The first-order chi connectivity index (χ1) is 19.9. The second-order valence-electron chi connectivity index (χ2n) is 10.1. The third kappa shape index (κ3) is 8.76. The molecule has 0 amide bonds. The molecule has 1 aromatic heterocycles. The third-order valence-electron chi connectivity index (χ3n) is 6.85. The average Bonchev–Trinajstić information content (AvgIpc) is 3.19. The second kappa shape index (κ2) is 14.8. The van der Waals surface area contributed by atoms with Gasteiger partial charge in [-0.3, -0.25) is 5.41 Å². The maximum absolute atomic E-state index is 13.1. The summed E-state index contributed by atoms with van der Waals surface area (Å²) in [5.41, 5.74) is 9.56. The average molecular weight is 557 g/mol. The first-order valence-electron chi connectivity index (χ1n) is 14.3. The Hall–Kier alpha value is -4.47. The number of amidine groups is 2. The minimum absolute atomic E-state index is 0.00467. The zero-order valence-electron chi connectivity index (χ0n) is 23.9. The van der Waals surface area contributed by atoms with E-state index in [0.29, 0.717) is 11.5 Å². The number of nitrogens with zero attached hydrogens (tertiary/aromatic N) is 4. The van der Waals surface area contributed by atoms with Crippen LogP contribution in [0.5, 0.6) is 0 Å². The van der Waals surface area contributed by atoms with Crippen molar-refractivity contribution in [1.82, 2.24) is 14.9 Å². The molecule has 5 N–H and O–H groups in total. The molecular weight excluding hydrogens is 516 g/mol. The number of nitrogens with two attached hydrogens (primary N) is 1. The van der Waals surface area contributed by atoms with Crippen LogP contribution < -0.4 is 16.4 Å². The SMILES string of the molecule is CCOC(=O)C(Nc1ccc(C(=N)N)cc1)c1cc(C)cc(N=C2CCCCCN2CCCNc2ncccn2)c1. The van der Waals surface area contributed by atoms with Crippen molar-refractivity contribution in [3.63, 3.8) is 0 Å². The fraction of sp³-hybridized carbons (Fsp3) is 0.387. The molecule has 1 fully saturated rings. The molecule has 216 valence electrons. The van der Waals surface area contributed by atoms with Crippen LogP contribution in [0.25, 0.3) is 0 Å². The molecule has 0 spiro atoms. The molecular formula is C31H40N8O2. The summed E-state index contributed by atoms with van der Waals surface area (Å²) in [5.74, 6) is 1.35. The lowest BCUT2D eigenvalue weighted by molar-refractivity contribution is -0.144. The molecule has 1 aliphatic heterocycles. The Labute approximate surface area is 242 Å². The summed E-state index contributed by atoms with van der Waals surface area (Å²) in [6, 6.07) is 14.2. The Bertz CT molecular complexity index is 1330. The molecule has 1 atom stereocenters. The predicted molar refractivity (Wildman–Crippen MR) is 164 cm³/mol. The molecule has 10 heteroatoms. The fourth-order valence-corrected chi connectivity index (χ4v) is 4.87. The molecule has 1 aliphatic rings. The summed E-state index contributed by atoms with van der Waals surface area (Å²) in [7, 11) is 0. The third-order valence-corrected chi connectivity index (χ3v) is 6.85. The van der Waals surface area contributed by atoms with Crippen molar-refractivity contribution in [2.24, 2.45) is 10.7 Å². The van der Waals surface area contributed by atoms with E-state index in [9.17, 15) is 4.79 Å². The highest BCUT2D eigenvalue weighted by Crippen LogP contribution is 2.28. The van der Waals surface area contributed by atoms with E-state index in [2.05, 4.69) is 31.6 Å². The van der Waals surface area contributed by atoms with Gasteiger partial charge < -0.3 is 26.0 Å². The number of hydrogen-bond donors (Lipinski definition) is 4. The van der Waals surface area contributed by atoms with E-state index in [-0.39, 0.29) is 18.4 Å². The molecule has 41 heavy (non-hydrogen) atoms. The van der Waals surface area contributed by atoms with Crippen LogP contribution in [0.2, 0.25) is 0 Å². The molecule has 1 unspecified atom stereocenters. The van der Waals surface area contributed by atoms with Crippen LogP contribution in [0.4, 0.5) is 17.3 Å². The number of ether oxygens (including phenoxy) is 1. The van der Waals surface area contributed by atoms with Crippen LogP contribution in [0.3, 0.4) is 0 Å². The van der Waals surface area contributed by atoms with Gasteiger partial charge in [0.2, 0.25) is 5.95 Å². The second-order valence-corrected chi connectivity index (χ2v) is 10.1. The van der Waals surface area contributed by atoms with Gasteiger partial charge in [-0.15, -0.1) is 0 Å². The number of likely N-dealkylation sites (tertiary alicyclic amines) is 1. The van der Waals surface area contributed by atoms with Crippen molar-refractivity contribution < 1.29 is 9.53 Å². The minimum atomic E-state index is -0.714. The zero-order chi connectivity index (χ0) is 29.0. The molecule has 0 bridgehead atoms. The van der Waals surface area contributed by atoms with Crippen LogP contribution in [-0.4, -0.2) is 58.7 Å². The lowest BCUT2D eigenvalue weighted by Crippen LogP contribution is -2.32. The number of carbonyl (C=O) groups excluding carboxylic acids is 1. The zero-order valence-corrected chi connectivity index (χ0v) is 23.9. The van der Waals surface area contributed by atoms with Crippen molar-refractivity contribution >= 4 is 35.0 Å². The van der Waals surface area contributed by atoms with Gasteiger partial charge >= 0.3 is 5.97 Å². The van der Waals surface area contributed by atoms with Gasteiger partial charge in [0.05, 0.1) is 12.3 Å². The lowest BCUT2D eigenvalue weighted by Gasteiger charge is -2.25. The summed E-state index contributed by atoms with van der Waals surface area (Å²) >= 11 is 0. The van der Waals surface area contributed by atoms with Crippen LogP contribution >= 0.6 is 0 Å². The van der Waals surface area contributed by atoms with E-state index in [1.165, 1.54) is 6.42 Å². The molecule has 4 rings (SSSR count). The number of hydrogen-bond acceptors (Lipinski definition) is 8. The van der Waals surface area contributed by atoms with Crippen LogP contribution in [0.15, 0.2) is 65.9 Å². The number of aromatic nitrogens is 2. The van der Waals surface area contributed by atoms with E-state index in [4.69, 9.17) is 20.9 Å². The molecule has 1 saturated heterocycles. The summed E-state index contributed by atoms with van der Waals surface area (Å²) in [6.45, 7) is 6.74. The van der Waals surface area contributed by atoms with Gasteiger partial charge in [0.1, 0.15) is 11.7 Å². The van der Waals surface area contributed by atoms with Gasteiger partial charge in [0.15, 0.2) is 6.04 Å². The molecule has 0 saturated carbocycles. The maximum Gasteiger partial charge on any atom is 0.333 e. The van der Waals surface area contributed by atoms with Crippen molar-refractivity contribution in [2.75, 3.05) is 36.9 Å². The number of nitrogen functional groups attached to an aromatic ring is 1. The smallest absolute Gasteiger partial charge is 0.333 e. The number of nitrogens with one attached hydrogen (secondary N) is 3. The first kappa shape index (κ1) is 29.5. The van der Waals surface area contributed by atoms with E-state index >= 15 is 0 Å². The van der Waals surface area contributed by atoms with Crippen molar-refractivity contribution in [1.29, 1.82) is 5.41 Å². The highest BCUT2D eigenvalue weighted by atomic mass is 16.5. The van der Waals surface area contributed by atoms with Gasteiger partial charge in [-0.25, -0.2) is 19.8 Å². The van der Waals surface area contributed by atoms with Crippen molar-refractivity contribution in [2.45, 2.75) is 52.0 Å². The van der Waals surface area contributed by atoms with Gasteiger partial charge in [-0.2, -0.15) is 0 Å². The number of anilines is 2. The minimum Gasteiger partial charge on any atom is -0.464 e. The van der Waals surface area contributed by atoms with Crippen LogP contribution in [-0.2, 0) is 9.53 Å². The first-order valence-corrected chi connectivity index (χ1v) is 14.3. The van der Waals surface area contributed by atoms with Gasteiger partial charge in [-0.1, -0.05) is 12.5 Å². The Morgan fingerprint density at radius 2 is 1.93 bits per heavy atom. The van der Waals surface area contributed by atoms with E-state index in [1.807, 2.05) is 31.2 Å². The molecule has 2 heterocycles. The summed E-state index contributed by atoms with van der Waals surface area (Å²) < 4.78 is 5.43. The van der Waals surface area contributed by atoms with E-state index < -0.39 is 6.04 Å². The predicted octanol–water partition coefficient (Wildman–Crippen LogP) is 5.19. The summed E-state index contributed by atoms with van der Waals surface area (Å²) in [6.07, 6.45) is 8.75. The number of esters is 1. The van der Waals surface area contributed by atoms with Crippen molar-refractivity contribution in [3.8, 4) is 0 Å². The lowest BCUT2D eigenvalue weighted by atomic mass is 10.0. The van der Waals surface area contributed by atoms with Gasteiger partial charge in [0, 0.05) is 49.7 Å². The molecule has 10 nitrogen and oxygen atoms in total. The normalized spacial score (nSPS) is 15.2. The number of rotatable bonds is 12. The molecule has 3 aromatic rings. The van der Waals surface area contributed by atoms with Gasteiger partial charge in [0.25, 0.3) is 0 Å². The quantitative estimate of drug-likeness (QED) is 0.103. The highest BCUT2D eigenvalue weighted by Gasteiger charge is 2.23. The van der Waals surface area contributed by atoms with Crippen molar-refractivity contribution in [3.05, 3.63) is 77.6 Å². The largest absolute Gasteiger partial charge is 0.464 e. The Kier molecular flexibility index (Phi) is 10.6. The monoisotopic (exact) mass is 556 g/mol.